The molecule has 0 radical (unpaired) electrons. The Morgan fingerprint density at radius 2 is 1.93 bits per heavy atom. The predicted octanol–water partition coefficient (Wildman–Crippen LogP) is 0.638. The van der Waals surface area contributed by atoms with Gasteiger partial charge in [0.2, 0.25) is 0 Å². The van der Waals surface area contributed by atoms with Gasteiger partial charge in [0.15, 0.2) is 5.44 Å². The fourth-order valence-corrected chi connectivity index (χ4v) is 1.50. The largest absolute Gasteiger partial charge is 0.376 e. The van der Waals surface area contributed by atoms with E-state index in [0.29, 0.717) is 11.3 Å². The van der Waals surface area contributed by atoms with Gasteiger partial charge in [-0.1, -0.05) is 0 Å². The van der Waals surface area contributed by atoms with Crippen LogP contribution in [-0.4, -0.2) is 19.0 Å². The van der Waals surface area contributed by atoms with E-state index in [1.54, 1.807) is 0 Å². The second-order valence-corrected chi connectivity index (χ2v) is 4.91. The zero-order valence-corrected chi connectivity index (χ0v) is 8.82. The fraction of sp³-hybridized carbons (Fsp3) is 0.222. The van der Waals surface area contributed by atoms with Crippen LogP contribution in [0.3, 0.4) is 0 Å². The molecule has 0 amide bonds. The smallest absolute Gasteiger partial charge is 0.259 e. The first-order chi connectivity index (χ1) is 6.95. The summed E-state index contributed by atoms with van der Waals surface area (Å²) in [5, 5.41) is 17.5. The maximum Gasteiger partial charge on any atom is 0.259 e. The van der Waals surface area contributed by atoms with Gasteiger partial charge in [-0.25, -0.2) is 8.42 Å². The van der Waals surface area contributed by atoms with Crippen molar-refractivity contribution in [1.82, 2.24) is 0 Å². The van der Waals surface area contributed by atoms with Gasteiger partial charge in [-0.15, -0.1) is 0 Å². The van der Waals surface area contributed by atoms with Crippen LogP contribution in [0.25, 0.3) is 0 Å². The highest BCUT2D eigenvalue weighted by atomic mass is 32.2. The van der Waals surface area contributed by atoms with Crippen LogP contribution in [0.4, 0.5) is 5.69 Å². The third kappa shape index (κ3) is 2.94. The molecule has 0 aromatic heterocycles. The van der Waals surface area contributed by atoms with E-state index in [1.807, 2.05) is 6.07 Å². The van der Waals surface area contributed by atoms with Crippen molar-refractivity contribution in [3.8, 4) is 6.07 Å². The van der Waals surface area contributed by atoms with Gasteiger partial charge in [-0.2, -0.15) is 5.26 Å². The average Bonchev–Trinajstić information content (AvgIpc) is 2.18. The average molecular weight is 226 g/mol. The molecule has 0 saturated carbocycles. The number of sulfonamides is 1. The van der Waals surface area contributed by atoms with E-state index in [2.05, 4.69) is 4.72 Å². The molecule has 1 atom stereocenters. The maximum atomic E-state index is 11.2. The molecule has 1 rings (SSSR count). The van der Waals surface area contributed by atoms with E-state index >= 15 is 0 Å². The van der Waals surface area contributed by atoms with Gasteiger partial charge in [0.1, 0.15) is 0 Å². The molecule has 0 bridgehead atoms. The summed E-state index contributed by atoms with van der Waals surface area (Å²) in [4.78, 5) is 0. The first-order valence-corrected chi connectivity index (χ1v) is 5.70. The van der Waals surface area contributed by atoms with Gasteiger partial charge in [-0.3, -0.25) is 4.72 Å². The molecule has 0 heterocycles. The van der Waals surface area contributed by atoms with Crippen LogP contribution in [0.2, 0.25) is 0 Å². The molecule has 0 aliphatic carbocycles. The van der Waals surface area contributed by atoms with E-state index in [9.17, 15) is 8.42 Å². The topological polar surface area (TPSA) is 90.2 Å². The first-order valence-electron chi connectivity index (χ1n) is 4.15. The van der Waals surface area contributed by atoms with Crippen LogP contribution in [0.15, 0.2) is 24.3 Å². The molecule has 0 saturated heterocycles. The van der Waals surface area contributed by atoms with Crippen molar-refractivity contribution in [2.75, 3.05) is 4.72 Å². The van der Waals surface area contributed by atoms with Gasteiger partial charge in [0.25, 0.3) is 10.0 Å². The lowest BCUT2D eigenvalue weighted by Crippen LogP contribution is -2.24. The first kappa shape index (κ1) is 11.5. The van der Waals surface area contributed by atoms with Gasteiger partial charge in [-0.05, 0) is 31.2 Å². The van der Waals surface area contributed by atoms with Crippen LogP contribution in [0.1, 0.15) is 12.5 Å². The van der Waals surface area contributed by atoms with Crippen molar-refractivity contribution in [1.29, 1.82) is 5.26 Å². The summed E-state index contributed by atoms with van der Waals surface area (Å²) < 4.78 is 24.6. The normalized spacial score (nSPS) is 12.9. The Morgan fingerprint density at radius 3 is 2.33 bits per heavy atom. The quantitative estimate of drug-likeness (QED) is 0.791. The molecule has 0 aliphatic rings. The molecule has 1 unspecified atom stereocenters. The second kappa shape index (κ2) is 4.29. The van der Waals surface area contributed by atoms with Gasteiger partial charge >= 0.3 is 0 Å². The van der Waals surface area contributed by atoms with Crippen LogP contribution in [0.5, 0.6) is 0 Å². The number of nitrogens with one attached hydrogen (secondary N) is 1. The third-order valence-electron chi connectivity index (χ3n) is 1.72. The molecule has 1 aromatic carbocycles. The summed E-state index contributed by atoms with van der Waals surface area (Å²) in [7, 11) is -3.75. The highest BCUT2D eigenvalue weighted by Gasteiger charge is 2.16. The van der Waals surface area contributed by atoms with Crippen molar-refractivity contribution in [3.63, 3.8) is 0 Å². The minimum Gasteiger partial charge on any atom is -0.376 e. The van der Waals surface area contributed by atoms with Crippen molar-refractivity contribution < 1.29 is 13.5 Å². The Kier molecular flexibility index (Phi) is 3.29. The van der Waals surface area contributed by atoms with E-state index in [0.717, 1.165) is 6.92 Å². The van der Waals surface area contributed by atoms with E-state index < -0.39 is 15.5 Å². The van der Waals surface area contributed by atoms with Gasteiger partial charge in [0.05, 0.1) is 11.6 Å². The summed E-state index contributed by atoms with van der Waals surface area (Å²) in [6, 6.07) is 7.80. The van der Waals surface area contributed by atoms with Crippen molar-refractivity contribution >= 4 is 15.7 Å². The van der Waals surface area contributed by atoms with E-state index in [-0.39, 0.29) is 0 Å². The molecule has 0 spiro atoms. The molecular formula is C9H10N2O3S. The molecular weight excluding hydrogens is 216 g/mol. The Bertz CT molecular complexity index is 471. The number of hydrogen-bond donors (Lipinski definition) is 2. The number of aliphatic hydroxyl groups excluding tert-OH is 1. The number of hydrogen-bond acceptors (Lipinski definition) is 4. The highest BCUT2D eigenvalue weighted by molar-refractivity contribution is 7.93. The zero-order chi connectivity index (χ0) is 11.5. The zero-order valence-electron chi connectivity index (χ0n) is 8.01. The Labute approximate surface area is 88.0 Å². The summed E-state index contributed by atoms with van der Waals surface area (Å²) in [6.45, 7) is 1.16. The Balaban J connectivity index is 2.88. The number of nitriles is 1. The number of nitrogens with zero attached hydrogens (tertiary/aromatic N) is 1. The Hall–Kier alpha value is -1.58. The summed E-state index contributed by atoms with van der Waals surface area (Å²) >= 11 is 0. The molecule has 1 aromatic rings. The lowest BCUT2D eigenvalue weighted by atomic mass is 10.2. The highest BCUT2D eigenvalue weighted by Crippen LogP contribution is 2.12. The second-order valence-electron chi connectivity index (χ2n) is 2.94. The number of benzene rings is 1. The van der Waals surface area contributed by atoms with Gasteiger partial charge in [0, 0.05) is 5.69 Å². The molecule has 80 valence electrons. The number of aliphatic hydroxyl groups is 1. The van der Waals surface area contributed by atoms with Crippen LogP contribution < -0.4 is 4.72 Å². The molecule has 5 nitrogen and oxygen atoms in total. The summed E-state index contributed by atoms with van der Waals surface area (Å²) in [5.74, 6) is 0. The predicted molar refractivity (Wildman–Crippen MR) is 55.4 cm³/mol. The van der Waals surface area contributed by atoms with E-state index in [4.69, 9.17) is 10.4 Å². The lowest BCUT2D eigenvalue weighted by molar-refractivity contribution is 0.269. The van der Waals surface area contributed by atoms with Crippen LogP contribution >= 0.6 is 0 Å². The van der Waals surface area contributed by atoms with E-state index in [1.165, 1.54) is 24.3 Å². The van der Waals surface area contributed by atoms with Gasteiger partial charge < -0.3 is 5.11 Å². The minimum absolute atomic E-state index is 0.315. The standard InChI is InChI=1S/C9H10N2O3S/c1-7(12)15(13,14)11-9-4-2-8(6-10)3-5-9/h2-5,7,11-12H,1H3. The van der Waals surface area contributed by atoms with Crippen molar-refractivity contribution in [2.24, 2.45) is 0 Å². The molecule has 0 fully saturated rings. The Morgan fingerprint density at radius 1 is 1.40 bits per heavy atom. The molecule has 2 N–H and O–H groups in total. The molecule has 15 heavy (non-hydrogen) atoms. The van der Waals surface area contributed by atoms with Crippen molar-refractivity contribution in [2.45, 2.75) is 12.4 Å². The number of anilines is 1. The van der Waals surface area contributed by atoms with Crippen molar-refractivity contribution in [3.05, 3.63) is 29.8 Å². The molecule has 0 aliphatic heterocycles. The summed E-state index contributed by atoms with van der Waals surface area (Å²) in [5.41, 5.74) is -0.724. The molecule has 6 heteroatoms. The minimum atomic E-state index is -3.75. The summed E-state index contributed by atoms with van der Waals surface area (Å²) in [6.07, 6.45) is 0. The van der Waals surface area contributed by atoms with Crippen LogP contribution in [-0.2, 0) is 10.0 Å². The monoisotopic (exact) mass is 226 g/mol. The SMILES string of the molecule is CC(O)S(=O)(=O)Nc1ccc(C#N)cc1. The number of rotatable bonds is 3. The third-order valence-corrected chi connectivity index (χ3v) is 3.14. The van der Waals surface area contributed by atoms with Crippen LogP contribution in [0, 0.1) is 11.3 Å². The maximum absolute atomic E-state index is 11.2. The fourth-order valence-electron chi connectivity index (χ4n) is 0.862. The lowest BCUT2D eigenvalue weighted by Gasteiger charge is -2.09.